The van der Waals surface area contributed by atoms with E-state index in [1.165, 1.54) is 37.9 Å². The van der Waals surface area contributed by atoms with Crippen LogP contribution >= 0.6 is 0 Å². The Kier molecular flexibility index (Phi) is 3.87. The van der Waals surface area contributed by atoms with Crippen molar-refractivity contribution in [2.75, 3.05) is 20.1 Å². The Morgan fingerprint density at radius 3 is 2.60 bits per heavy atom. The Morgan fingerprint density at radius 2 is 1.90 bits per heavy atom. The summed E-state index contributed by atoms with van der Waals surface area (Å²) in [6.07, 6.45) is 4.01. The highest BCUT2D eigenvalue weighted by Gasteiger charge is 2.45. The molecule has 1 heterocycles. The molecular formula is C18H28N2. The van der Waals surface area contributed by atoms with E-state index >= 15 is 0 Å². The van der Waals surface area contributed by atoms with E-state index in [1.807, 2.05) is 0 Å². The van der Waals surface area contributed by atoms with Crippen LogP contribution in [0.15, 0.2) is 30.3 Å². The zero-order chi connectivity index (χ0) is 14.2. The predicted molar refractivity (Wildman–Crippen MR) is 85.0 cm³/mol. The fourth-order valence-corrected chi connectivity index (χ4v) is 4.43. The van der Waals surface area contributed by atoms with Crippen molar-refractivity contribution in [2.45, 2.75) is 51.1 Å². The number of likely N-dealkylation sites (N-methyl/N-ethyl adjacent to an activating group) is 1. The maximum Gasteiger partial charge on any atom is 0.0271 e. The van der Waals surface area contributed by atoms with Gasteiger partial charge in [-0.2, -0.15) is 0 Å². The summed E-state index contributed by atoms with van der Waals surface area (Å²) in [7, 11) is 2.13. The molecule has 0 radical (unpaired) electrons. The molecule has 1 saturated carbocycles. The van der Waals surface area contributed by atoms with Gasteiger partial charge in [-0.15, -0.1) is 0 Å². The summed E-state index contributed by atoms with van der Waals surface area (Å²) in [6, 6.07) is 12.4. The van der Waals surface area contributed by atoms with Gasteiger partial charge in [0.2, 0.25) is 0 Å². The van der Waals surface area contributed by atoms with Crippen molar-refractivity contribution >= 4 is 0 Å². The maximum atomic E-state index is 3.59. The molecule has 3 unspecified atom stereocenters. The zero-order valence-corrected chi connectivity index (χ0v) is 13.1. The smallest absolute Gasteiger partial charge is 0.0271 e. The number of rotatable bonds is 3. The van der Waals surface area contributed by atoms with Gasteiger partial charge >= 0.3 is 0 Å². The molecule has 0 spiro atoms. The van der Waals surface area contributed by atoms with Crippen LogP contribution < -0.4 is 5.32 Å². The van der Waals surface area contributed by atoms with Gasteiger partial charge in [-0.05, 0) is 49.8 Å². The first-order chi connectivity index (χ1) is 9.62. The summed E-state index contributed by atoms with van der Waals surface area (Å²) in [5, 5.41) is 3.59. The quantitative estimate of drug-likeness (QED) is 0.908. The second-order valence-electron chi connectivity index (χ2n) is 7.25. The lowest BCUT2D eigenvalue weighted by atomic mass is 9.86. The van der Waals surface area contributed by atoms with Gasteiger partial charge in [0.1, 0.15) is 0 Å². The maximum absolute atomic E-state index is 3.59. The van der Waals surface area contributed by atoms with E-state index in [0.717, 1.165) is 12.0 Å². The topological polar surface area (TPSA) is 15.3 Å². The number of nitrogens with zero attached hydrogens (tertiary/aromatic N) is 1. The molecule has 1 aliphatic heterocycles. The van der Waals surface area contributed by atoms with Crippen molar-refractivity contribution in [1.82, 2.24) is 10.2 Å². The van der Waals surface area contributed by atoms with E-state index in [0.29, 0.717) is 11.5 Å². The van der Waals surface area contributed by atoms with Crippen molar-refractivity contribution in [3.8, 4) is 0 Å². The van der Waals surface area contributed by atoms with Crippen molar-refractivity contribution in [3.05, 3.63) is 35.9 Å². The molecule has 0 aromatic heterocycles. The van der Waals surface area contributed by atoms with Crippen LogP contribution in [0.5, 0.6) is 0 Å². The van der Waals surface area contributed by atoms with Gasteiger partial charge in [0.15, 0.2) is 0 Å². The summed E-state index contributed by atoms with van der Waals surface area (Å²) in [5.41, 5.74) is 1.96. The van der Waals surface area contributed by atoms with E-state index in [4.69, 9.17) is 0 Å². The van der Waals surface area contributed by atoms with E-state index in [2.05, 4.69) is 61.4 Å². The number of nitrogens with one attached hydrogen (secondary N) is 1. The van der Waals surface area contributed by atoms with Crippen LogP contribution in [0.25, 0.3) is 0 Å². The molecular weight excluding hydrogens is 244 g/mol. The highest BCUT2D eigenvalue weighted by molar-refractivity contribution is 5.21. The molecule has 110 valence electrons. The van der Waals surface area contributed by atoms with Crippen LogP contribution in [-0.4, -0.2) is 37.1 Å². The van der Waals surface area contributed by atoms with Crippen molar-refractivity contribution in [3.63, 3.8) is 0 Å². The minimum Gasteiger partial charge on any atom is -0.315 e. The molecule has 0 bridgehead atoms. The minimum absolute atomic E-state index is 0.435. The number of likely N-dealkylation sites (tertiary alicyclic amines) is 1. The van der Waals surface area contributed by atoms with E-state index in [9.17, 15) is 0 Å². The predicted octanol–water partition coefficient (Wildman–Crippen LogP) is 3.25. The van der Waals surface area contributed by atoms with Crippen molar-refractivity contribution < 1.29 is 0 Å². The third-order valence-electron chi connectivity index (χ3n) is 5.58. The van der Waals surface area contributed by atoms with Crippen LogP contribution in [-0.2, 0) is 0 Å². The van der Waals surface area contributed by atoms with Gasteiger partial charge < -0.3 is 5.32 Å². The molecule has 1 saturated heterocycles. The summed E-state index contributed by atoms with van der Waals surface area (Å²) in [5.74, 6) is 0.734. The second kappa shape index (κ2) is 5.50. The van der Waals surface area contributed by atoms with Gasteiger partial charge in [-0.25, -0.2) is 0 Å². The molecule has 1 aromatic rings. The Morgan fingerprint density at radius 1 is 1.15 bits per heavy atom. The molecule has 2 aliphatic rings. The second-order valence-corrected chi connectivity index (χ2v) is 7.25. The van der Waals surface area contributed by atoms with Gasteiger partial charge in [-0.1, -0.05) is 44.2 Å². The number of hydrogen-bond donors (Lipinski definition) is 1. The summed E-state index contributed by atoms with van der Waals surface area (Å²) >= 11 is 0. The zero-order valence-electron chi connectivity index (χ0n) is 13.1. The number of benzene rings is 1. The Balaban J connectivity index is 1.69. The fraction of sp³-hybridized carbons (Fsp3) is 0.667. The Labute approximate surface area is 123 Å². The van der Waals surface area contributed by atoms with Crippen LogP contribution in [0, 0.1) is 5.41 Å². The van der Waals surface area contributed by atoms with Gasteiger partial charge in [0.25, 0.3) is 0 Å². The lowest BCUT2D eigenvalue weighted by Crippen LogP contribution is -2.49. The third-order valence-corrected chi connectivity index (χ3v) is 5.58. The summed E-state index contributed by atoms with van der Waals surface area (Å²) < 4.78 is 0. The van der Waals surface area contributed by atoms with Crippen LogP contribution in [0.2, 0.25) is 0 Å². The first-order valence-corrected chi connectivity index (χ1v) is 8.08. The molecule has 20 heavy (non-hydrogen) atoms. The van der Waals surface area contributed by atoms with Crippen LogP contribution in [0.1, 0.15) is 44.6 Å². The van der Waals surface area contributed by atoms with E-state index in [1.54, 1.807) is 0 Å². The normalized spacial score (nSPS) is 33.6. The summed E-state index contributed by atoms with van der Waals surface area (Å²) in [6.45, 7) is 7.33. The van der Waals surface area contributed by atoms with Gasteiger partial charge in [-0.3, -0.25) is 4.90 Å². The van der Waals surface area contributed by atoms with Crippen molar-refractivity contribution in [1.29, 1.82) is 0 Å². The first kappa shape index (κ1) is 14.1. The highest BCUT2D eigenvalue weighted by Crippen LogP contribution is 2.42. The lowest BCUT2D eigenvalue weighted by molar-refractivity contribution is 0.175. The van der Waals surface area contributed by atoms with Gasteiger partial charge in [0.05, 0.1) is 0 Å². The first-order valence-electron chi connectivity index (χ1n) is 8.08. The molecule has 3 rings (SSSR count). The average Bonchev–Trinajstić information content (AvgIpc) is 3.03. The minimum atomic E-state index is 0.435. The summed E-state index contributed by atoms with van der Waals surface area (Å²) in [4.78, 5) is 2.74. The fourth-order valence-electron chi connectivity index (χ4n) is 4.43. The monoisotopic (exact) mass is 272 g/mol. The largest absolute Gasteiger partial charge is 0.315 e. The molecule has 0 amide bonds. The van der Waals surface area contributed by atoms with Crippen LogP contribution in [0.3, 0.4) is 0 Å². The molecule has 1 aliphatic carbocycles. The third kappa shape index (κ3) is 2.51. The highest BCUT2D eigenvalue weighted by atomic mass is 15.2. The lowest BCUT2D eigenvalue weighted by Gasteiger charge is -2.35. The molecule has 1 aromatic carbocycles. The average molecular weight is 272 g/mol. The molecule has 3 atom stereocenters. The Bertz CT molecular complexity index is 440. The molecule has 2 fully saturated rings. The van der Waals surface area contributed by atoms with Crippen LogP contribution in [0.4, 0.5) is 0 Å². The molecule has 1 N–H and O–H groups in total. The standard InChI is InChI=1S/C18H28N2/c1-18(2)11-9-16(17(18)19-3)20-12-10-15(13-20)14-7-5-4-6-8-14/h4-8,15-17,19H,9-13H2,1-3H3. The van der Waals surface area contributed by atoms with E-state index < -0.39 is 0 Å². The number of hydrogen-bond acceptors (Lipinski definition) is 2. The SMILES string of the molecule is CNC1C(N2CCC(c3ccccc3)C2)CCC1(C)C. The van der Waals surface area contributed by atoms with E-state index in [-0.39, 0.29) is 0 Å². The Hall–Kier alpha value is -0.860. The molecule has 2 heteroatoms. The van der Waals surface area contributed by atoms with Gasteiger partial charge in [0, 0.05) is 18.6 Å². The molecule has 2 nitrogen and oxygen atoms in total. The van der Waals surface area contributed by atoms with Crippen molar-refractivity contribution in [2.24, 2.45) is 5.41 Å².